The van der Waals surface area contributed by atoms with Crippen molar-refractivity contribution >= 4 is 11.4 Å². The Bertz CT molecular complexity index is 867. The number of halogens is 2. The zero-order valence-electron chi connectivity index (χ0n) is 17.8. The number of aryl methyl sites for hydroxylation is 2. The summed E-state index contributed by atoms with van der Waals surface area (Å²) in [6, 6.07) is 8.37. The second-order valence-corrected chi connectivity index (χ2v) is 7.37. The van der Waals surface area contributed by atoms with Crippen LogP contribution in [0.25, 0.3) is 0 Å². The van der Waals surface area contributed by atoms with E-state index in [1.807, 2.05) is 6.20 Å². The fraction of sp³-hybridized carbons (Fsp3) is 0.375. The Hall–Kier alpha value is -2.69. The van der Waals surface area contributed by atoms with Gasteiger partial charge in [0.15, 0.2) is 0 Å². The molecule has 0 radical (unpaired) electrons. The molecule has 0 aliphatic rings. The van der Waals surface area contributed by atoms with E-state index >= 15 is 0 Å². The molecule has 2 rings (SSSR count). The molecule has 0 saturated heterocycles. The third kappa shape index (κ3) is 7.00. The standard InChI is InChI=1S/C24H31F2N3/c1-6-9-20(29-22-13-17(3)23(10-7-2)27-16-22)14-18(4)28-21-12-8-11-19(15-21)24(5,25)26/h8-9,11-13,15-16,28-29H,4,6-7,10,14H2,1-3,5H3/b20-9-. The van der Waals surface area contributed by atoms with Crippen molar-refractivity contribution in [3.05, 3.63) is 77.4 Å². The Kier molecular flexibility index (Phi) is 7.94. The van der Waals surface area contributed by atoms with Crippen LogP contribution in [0, 0.1) is 6.92 Å². The number of hydrogen-bond acceptors (Lipinski definition) is 3. The minimum absolute atomic E-state index is 0.0218. The van der Waals surface area contributed by atoms with Crippen molar-refractivity contribution in [2.45, 2.75) is 59.3 Å². The van der Waals surface area contributed by atoms with Crippen LogP contribution in [-0.2, 0) is 12.3 Å². The fourth-order valence-electron chi connectivity index (χ4n) is 3.12. The van der Waals surface area contributed by atoms with Gasteiger partial charge in [-0.1, -0.05) is 45.1 Å². The minimum Gasteiger partial charge on any atom is -0.359 e. The van der Waals surface area contributed by atoms with Crippen molar-refractivity contribution in [2.75, 3.05) is 10.6 Å². The lowest BCUT2D eigenvalue weighted by Crippen LogP contribution is -2.09. The first-order valence-electron chi connectivity index (χ1n) is 10.1. The number of aromatic nitrogens is 1. The van der Waals surface area contributed by atoms with Crippen LogP contribution in [-0.4, -0.2) is 4.98 Å². The predicted octanol–water partition coefficient (Wildman–Crippen LogP) is 7.18. The van der Waals surface area contributed by atoms with E-state index in [1.54, 1.807) is 12.1 Å². The number of alkyl halides is 2. The van der Waals surface area contributed by atoms with Gasteiger partial charge in [-0.05, 0) is 43.5 Å². The highest BCUT2D eigenvalue weighted by molar-refractivity contribution is 5.53. The number of pyridine rings is 1. The van der Waals surface area contributed by atoms with Gasteiger partial charge in [0.1, 0.15) is 0 Å². The maximum absolute atomic E-state index is 13.6. The zero-order chi connectivity index (χ0) is 21.4. The van der Waals surface area contributed by atoms with Gasteiger partial charge in [0.05, 0.1) is 11.9 Å². The van der Waals surface area contributed by atoms with Crippen LogP contribution in [0.4, 0.5) is 20.2 Å². The SMILES string of the molecule is C=C(C/C(=C/CC)Nc1cnc(CCC)c(C)c1)Nc1cccc(C(C)(F)F)c1. The molecule has 2 aromatic rings. The van der Waals surface area contributed by atoms with E-state index in [0.29, 0.717) is 12.1 Å². The Morgan fingerprint density at radius 1 is 1.17 bits per heavy atom. The lowest BCUT2D eigenvalue weighted by molar-refractivity contribution is 0.0175. The molecule has 1 aromatic carbocycles. The zero-order valence-corrected chi connectivity index (χ0v) is 17.8. The van der Waals surface area contributed by atoms with Crippen LogP contribution in [0.5, 0.6) is 0 Å². The van der Waals surface area contributed by atoms with E-state index in [2.05, 4.69) is 55.1 Å². The van der Waals surface area contributed by atoms with Crippen LogP contribution in [0.15, 0.2) is 60.6 Å². The highest BCUT2D eigenvalue weighted by Crippen LogP contribution is 2.29. The molecule has 0 atom stereocenters. The monoisotopic (exact) mass is 399 g/mol. The summed E-state index contributed by atoms with van der Waals surface area (Å²) in [5, 5.41) is 6.56. The molecule has 0 saturated carbocycles. The van der Waals surface area contributed by atoms with Crippen LogP contribution in [0.2, 0.25) is 0 Å². The molecule has 0 fully saturated rings. The first kappa shape index (κ1) is 22.6. The van der Waals surface area contributed by atoms with Crippen molar-refractivity contribution < 1.29 is 8.78 Å². The second kappa shape index (κ2) is 10.2. The van der Waals surface area contributed by atoms with Crippen LogP contribution in [0.1, 0.15) is 56.9 Å². The average Bonchev–Trinajstić information content (AvgIpc) is 2.63. The third-order valence-electron chi connectivity index (χ3n) is 4.52. The van der Waals surface area contributed by atoms with Gasteiger partial charge in [-0.25, -0.2) is 8.78 Å². The van der Waals surface area contributed by atoms with E-state index < -0.39 is 5.92 Å². The van der Waals surface area contributed by atoms with Crippen LogP contribution in [0.3, 0.4) is 0 Å². The summed E-state index contributed by atoms with van der Waals surface area (Å²) in [6.07, 6.45) is 7.41. The lowest BCUT2D eigenvalue weighted by Gasteiger charge is -2.17. The summed E-state index contributed by atoms with van der Waals surface area (Å²) in [4.78, 5) is 4.56. The molecule has 0 amide bonds. The summed E-state index contributed by atoms with van der Waals surface area (Å²) in [5.41, 5.74) is 5.52. The normalized spacial score (nSPS) is 12.0. The molecule has 1 heterocycles. The summed E-state index contributed by atoms with van der Waals surface area (Å²) >= 11 is 0. The van der Waals surface area contributed by atoms with Gasteiger partial charge < -0.3 is 10.6 Å². The number of nitrogens with zero attached hydrogens (tertiary/aromatic N) is 1. The van der Waals surface area contributed by atoms with E-state index in [9.17, 15) is 8.78 Å². The Morgan fingerprint density at radius 2 is 1.93 bits per heavy atom. The molecule has 29 heavy (non-hydrogen) atoms. The minimum atomic E-state index is -2.87. The summed E-state index contributed by atoms with van der Waals surface area (Å²) in [6.45, 7) is 11.2. The number of nitrogens with one attached hydrogen (secondary N) is 2. The molecule has 5 heteroatoms. The molecule has 0 aliphatic carbocycles. The van der Waals surface area contributed by atoms with Crippen molar-refractivity contribution in [1.29, 1.82) is 0 Å². The van der Waals surface area contributed by atoms with E-state index in [1.165, 1.54) is 17.7 Å². The first-order valence-corrected chi connectivity index (χ1v) is 10.1. The van der Waals surface area contributed by atoms with E-state index in [-0.39, 0.29) is 5.56 Å². The third-order valence-corrected chi connectivity index (χ3v) is 4.52. The van der Waals surface area contributed by atoms with Crippen LogP contribution >= 0.6 is 0 Å². The highest BCUT2D eigenvalue weighted by atomic mass is 19.3. The second-order valence-electron chi connectivity index (χ2n) is 7.37. The molecular weight excluding hydrogens is 368 g/mol. The molecule has 0 aliphatic heterocycles. The maximum Gasteiger partial charge on any atom is 0.270 e. The summed E-state index contributed by atoms with van der Waals surface area (Å²) in [5.74, 6) is -2.87. The Balaban J connectivity index is 2.06. The van der Waals surface area contributed by atoms with Crippen molar-refractivity contribution in [3.63, 3.8) is 0 Å². The summed E-state index contributed by atoms with van der Waals surface area (Å²) in [7, 11) is 0. The van der Waals surface area contributed by atoms with Gasteiger partial charge >= 0.3 is 0 Å². The molecule has 1 aromatic heterocycles. The molecular formula is C24H31F2N3. The summed E-state index contributed by atoms with van der Waals surface area (Å²) < 4.78 is 27.1. The van der Waals surface area contributed by atoms with Gasteiger partial charge in [0.25, 0.3) is 5.92 Å². The fourth-order valence-corrected chi connectivity index (χ4v) is 3.12. The number of benzene rings is 1. The van der Waals surface area contributed by atoms with Crippen LogP contribution < -0.4 is 10.6 Å². The van der Waals surface area contributed by atoms with Gasteiger partial charge in [-0.2, -0.15) is 0 Å². The number of rotatable bonds is 10. The average molecular weight is 400 g/mol. The quantitative estimate of drug-likeness (QED) is 0.444. The number of hydrogen-bond donors (Lipinski definition) is 2. The van der Waals surface area contributed by atoms with Crippen molar-refractivity contribution in [3.8, 4) is 0 Å². The molecule has 0 unspecified atom stereocenters. The smallest absolute Gasteiger partial charge is 0.270 e. The van der Waals surface area contributed by atoms with Gasteiger partial charge in [0, 0.05) is 41.7 Å². The predicted molar refractivity (Wildman–Crippen MR) is 118 cm³/mol. The Labute approximate surface area is 173 Å². The Morgan fingerprint density at radius 3 is 2.55 bits per heavy atom. The first-order chi connectivity index (χ1) is 13.7. The molecule has 156 valence electrons. The molecule has 3 nitrogen and oxygen atoms in total. The highest BCUT2D eigenvalue weighted by Gasteiger charge is 2.24. The molecule has 0 spiro atoms. The lowest BCUT2D eigenvalue weighted by atomic mass is 10.1. The molecule has 2 N–H and O–H groups in total. The van der Waals surface area contributed by atoms with Gasteiger partial charge in [-0.3, -0.25) is 4.98 Å². The number of anilines is 2. The topological polar surface area (TPSA) is 37.0 Å². The molecule has 0 bridgehead atoms. The van der Waals surface area contributed by atoms with Gasteiger partial charge in [-0.15, -0.1) is 0 Å². The van der Waals surface area contributed by atoms with Crippen molar-refractivity contribution in [1.82, 2.24) is 4.98 Å². The maximum atomic E-state index is 13.6. The van der Waals surface area contributed by atoms with E-state index in [0.717, 1.165) is 49.0 Å². The van der Waals surface area contributed by atoms with E-state index in [4.69, 9.17) is 0 Å². The van der Waals surface area contributed by atoms with Crippen molar-refractivity contribution in [2.24, 2.45) is 0 Å². The largest absolute Gasteiger partial charge is 0.359 e. The van der Waals surface area contributed by atoms with Gasteiger partial charge in [0.2, 0.25) is 0 Å². The number of allylic oxidation sites excluding steroid dienone is 1.